The van der Waals surface area contributed by atoms with Crippen molar-refractivity contribution in [1.29, 1.82) is 0 Å². The van der Waals surface area contributed by atoms with Crippen LogP contribution in [0.3, 0.4) is 0 Å². The van der Waals surface area contributed by atoms with Crippen LogP contribution in [0, 0.1) is 18.3 Å². The minimum absolute atomic E-state index is 0.0950. The predicted octanol–water partition coefficient (Wildman–Crippen LogP) is 5.11. The third kappa shape index (κ3) is 5.05. The number of nitrogens with zero attached hydrogens (tertiary/aromatic N) is 2. The highest BCUT2D eigenvalue weighted by Crippen LogP contribution is 2.39. The van der Waals surface area contributed by atoms with Crippen molar-refractivity contribution in [3.63, 3.8) is 0 Å². The number of pyridine rings is 1. The van der Waals surface area contributed by atoms with Crippen LogP contribution in [0.4, 0.5) is 17.2 Å². The Hall–Kier alpha value is -2.65. The molecule has 3 heterocycles. The van der Waals surface area contributed by atoms with Gasteiger partial charge >= 0.3 is 0 Å². The molecule has 3 aromatic rings. The molecular formula is C25H33N5O3S. The highest BCUT2D eigenvalue weighted by molar-refractivity contribution is 7.90. The number of hydrogen-bond donors (Lipinski definition) is 3. The number of aryl methyl sites for hydroxylation is 1. The van der Waals surface area contributed by atoms with E-state index in [4.69, 9.17) is 4.74 Å². The molecule has 0 bridgehead atoms. The summed E-state index contributed by atoms with van der Waals surface area (Å²) in [6.45, 7) is 7.81. The summed E-state index contributed by atoms with van der Waals surface area (Å²) in [6, 6.07) is 7.44. The van der Waals surface area contributed by atoms with Crippen molar-refractivity contribution in [3.05, 3.63) is 35.7 Å². The number of sulfone groups is 1. The summed E-state index contributed by atoms with van der Waals surface area (Å²) in [6.07, 6.45) is 5.55. The minimum atomic E-state index is -3.49. The molecule has 3 N–H and O–H groups in total. The first-order valence-corrected chi connectivity index (χ1v) is 13.8. The number of nitrogens with one attached hydrogen (secondary N) is 3. The lowest BCUT2D eigenvalue weighted by atomic mass is 9.84. The molecule has 1 aromatic carbocycles. The Morgan fingerprint density at radius 1 is 1.15 bits per heavy atom. The van der Waals surface area contributed by atoms with Crippen LogP contribution in [-0.2, 0) is 14.6 Å². The van der Waals surface area contributed by atoms with Gasteiger partial charge in [0, 0.05) is 18.9 Å². The lowest BCUT2D eigenvalue weighted by Crippen LogP contribution is -2.27. The average Bonchev–Trinajstić information content (AvgIpc) is 3.51. The average molecular weight is 484 g/mol. The van der Waals surface area contributed by atoms with Gasteiger partial charge in [0.2, 0.25) is 0 Å². The number of hydrogen-bond acceptors (Lipinski definition) is 7. The molecule has 0 spiro atoms. The molecule has 1 saturated heterocycles. The second-order valence-corrected chi connectivity index (χ2v) is 12.5. The summed E-state index contributed by atoms with van der Waals surface area (Å²) in [5.74, 6) is 2.19. The highest BCUT2D eigenvalue weighted by atomic mass is 32.2. The summed E-state index contributed by atoms with van der Waals surface area (Å²) in [4.78, 5) is 12.7. The minimum Gasteiger partial charge on any atom is -0.373 e. The van der Waals surface area contributed by atoms with Crippen molar-refractivity contribution in [1.82, 2.24) is 15.0 Å². The molecule has 2 aromatic heterocycles. The fourth-order valence-electron chi connectivity index (χ4n) is 4.42. The molecule has 2 fully saturated rings. The first kappa shape index (κ1) is 23.1. The fourth-order valence-corrected chi connectivity index (χ4v) is 5.29. The number of aromatic nitrogens is 3. The molecule has 0 amide bonds. The molecular weight excluding hydrogens is 450 g/mol. The van der Waals surface area contributed by atoms with Crippen LogP contribution in [0.2, 0.25) is 0 Å². The molecule has 1 unspecified atom stereocenters. The van der Waals surface area contributed by atoms with E-state index in [0.29, 0.717) is 35.1 Å². The van der Waals surface area contributed by atoms with Crippen LogP contribution in [0.15, 0.2) is 29.2 Å². The maximum Gasteiger partial charge on any atom is 0.177 e. The van der Waals surface area contributed by atoms with Crippen LogP contribution in [0.25, 0.3) is 11.2 Å². The smallest absolute Gasteiger partial charge is 0.177 e. The van der Waals surface area contributed by atoms with Gasteiger partial charge in [-0.25, -0.2) is 18.4 Å². The van der Waals surface area contributed by atoms with Gasteiger partial charge in [0.15, 0.2) is 15.5 Å². The second-order valence-electron chi connectivity index (χ2n) is 10.6. The molecule has 9 heteroatoms. The predicted molar refractivity (Wildman–Crippen MR) is 134 cm³/mol. The van der Waals surface area contributed by atoms with Crippen LogP contribution < -0.4 is 10.6 Å². The van der Waals surface area contributed by atoms with Crippen molar-refractivity contribution in [2.75, 3.05) is 30.0 Å². The van der Waals surface area contributed by atoms with Crippen molar-refractivity contribution in [3.8, 4) is 0 Å². The number of anilines is 3. The van der Waals surface area contributed by atoms with Gasteiger partial charge in [-0.1, -0.05) is 19.9 Å². The summed E-state index contributed by atoms with van der Waals surface area (Å²) in [5, 5.41) is 6.74. The molecule has 1 atom stereocenters. The Labute approximate surface area is 200 Å². The van der Waals surface area contributed by atoms with Crippen molar-refractivity contribution in [2.24, 2.45) is 11.3 Å². The van der Waals surface area contributed by atoms with Crippen LogP contribution in [-0.4, -0.2) is 42.8 Å². The van der Waals surface area contributed by atoms with E-state index in [1.54, 1.807) is 6.07 Å². The molecule has 8 nitrogen and oxygen atoms in total. The zero-order valence-electron chi connectivity index (χ0n) is 20.2. The van der Waals surface area contributed by atoms with Crippen LogP contribution >= 0.6 is 0 Å². The first-order valence-electron chi connectivity index (χ1n) is 11.9. The quantitative estimate of drug-likeness (QED) is 0.428. The van der Waals surface area contributed by atoms with Crippen molar-refractivity contribution in [2.45, 2.75) is 57.5 Å². The molecule has 1 aliphatic heterocycles. The van der Waals surface area contributed by atoms with Gasteiger partial charge in [0.25, 0.3) is 0 Å². The maximum absolute atomic E-state index is 12.8. The third-order valence-corrected chi connectivity index (χ3v) is 7.78. The molecule has 1 aliphatic carbocycles. The van der Waals surface area contributed by atoms with E-state index in [1.807, 2.05) is 25.1 Å². The Balaban J connectivity index is 1.48. The fraction of sp³-hybridized carbons (Fsp3) is 0.520. The van der Waals surface area contributed by atoms with Crippen LogP contribution in [0.5, 0.6) is 0 Å². The summed E-state index contributed by atoms with van der Waals surface area (Å²) in [5.41, 5.74) is 3.61. The molecule has 0 radical (unpaired) electrons. The zero-order chi connectivity index (χ0) is 24.1. The molecule has 5 rings (SSSR count). The monoisotopic (exact) mass is 483 g/mol. The van der Waals surface area contributed by atoms with Crippen molar-refractivity contribution < 1.29 is 13.2 Å². The van der Waals surface area contributed by atoms with E-state index in [-0.39, 0.29) is 16.4 Å². The van der Waals surface area contributed by atoms with E-state index in [0.717, 1.165) is 36.6 Å². The summed E-state index contributed by atoms with van der Waals surface area (Å²) < 4.78 is 31.6. The molecule has 2 aliphatic rings. The Bertz CT molecular complexity index is 1320. The largest absolute Gasteiger partial charge is 0.373 e. The van der Waals surface area contributed by atoms with E-state index in [9.17, 15) is 8.42 Å². The van der Waals surface area contributed by atoms with E-state index in [1.165, 1.54) is 19.1 Å². The van der Waals surface area contributed by atoms with E-state index >= 15 is 0 Å². The van der Waals surface area contributed by atoms with Gasteiger partial charge in [-0.15, -0.1) is 0 Å². The molecule has 1 saturated carbocycles. The number of H-pyrrole nitrogens is 1. The molecule has 182 valence electrons. The Morgan fingerprint density at radius 2 is 1.94 bits per heavy atom. The summed E-state index contributed by atoms with van der Waals surface area (Å²) in [7, 11) is -3.49. The normalized spacial score (nSPS) is 20.4. The lowest BCUT2D eigenvalue weighted by Gasteiger charge is -2.34. The van der Waals surface area contributed by atoms with Gasteiger partial charge < -0.3 is 20.4 Å². The third-order valence-electron chi connectivity index (χ3n) is 6.65. The second kappa shape index (κ2) is 8.53. The number of imidazole rings is 1. The van der Waals surface area contributed by atoms with Gasteiger partial charge in [-0.05, 0) is 61.6 Å². The van der Waals surface area contributed by atoms with Gasteiger partial charge in [0.1, 0.15) is 17.2 Å². The molecule has 34 heavy (non-hydrogen) atoms. The number of rotatable bonds is 7. The summed E-state index contributed by atoms with van der Waals surface area (Å²) >= 11 is 0. The van der Waals surface area contributed by atoms with E-state index in [2.05, 4.69) is 39.4 Å². The lowest BCUT2D eigenvalue weighted by molar-refractivity contribution is -0.0499. The standard InChI is InChI=1S/C25H33N5O3S/c1-15-27-23-19(12-22(30-24(23)28-15)26-13-16-5-6-16)29-18-8-7-17(11-21(18)34(4,31)32)20-9-10-25(2,3)14-33-20/h7-8,11-12,16,20H,5-6,9-10,13-14H2,1-4H3,(H3,26,27,28,29,30). The van der Waals surface area contributed by atoms with E-state index < -0.39 is 9.84 Å². The Kier molecular flexibility index (Phi) is 5.80. The van der Waals surface area contributed by atoms with Gasteiger partial charge in [-0.2, -0.15) is 0 Å². The number of ether oxygens (including phenoxy) is 1. The zero-order valence-corrected chi connectivity index (χ0v) is 21.1. The number of fused-ring (bicyclic) bond motifs is 1. The van der Waals surface area contributed by atoms with Crippen molar-refractivity contribution >= 4 is 38.2 Å². The number of aromatic amines is 1. The topological polar surface area (TPSA) is 109 Å². The first-order chi connectivity index (χ1) is 16.1. The van der Waals surface area contributed by atoms with Gasteiger partial charge in [-0.3, -0.25) is 0 Å². The highest BCUT2D eigenvalue weighted by Gasteiger charge is 2.29. The van der Waals surface area contributed by atoms with Crippen LogP contribution in [0.1, 0.15) is 57.0 Å². The van der Waals surface area contributed by atoms with Gasteiger partial charge in [0.05, 0.1) is 29.0 Å². The number of benzene rings is 1. The SMILES string of the molecule is Cc1nc2c(Nc3ccc(C4CCC(C)(C)CO4)cc3S(C)(=O)=O)cc(NCC3CC3)nc2[nH]1. The maximum atomic E-state index is 12.8. The Morgan fingerprint density at radius 3 is 2.62 bits per heavy atom.